The number of anilines is 1. The van der Waals surface area contributed by atoms with Crippen molar-refractivity contribution in [3.63, 3.8) is 0 Å². The summed E-state index contributed by atoms with van der Waals surface area (Å²) in [6, 6.07) is 12.3. The van der Waals surface area contributed by atoms with Crippen molar-refractivity contribution in [2.24, 2.45) is 0 Å². The van der Waals surface area contributed by atoms with Crippen molar-refractivity contribution in [2.45, 2.75) is 6.92 Å². The number of carbonyl (C=O) groups excluding carboxylic acids is 2. The Kier molecular flexibility index (Phi) is 8.25. The van der Waals surface area contributed by atoms with E-state index >= 15 is 0 Å². The molecule has 1 aromatic carbocycles. The molecule has 2 N–H and O–H groups in total. The molecule has 1 heterocycles. The molecular formula is C21H23N3O5. The SMILES string of the molecule is CCOC(=O)/C(=C/N/C(=C\Nc1ccc(OC)cc1)C(=O)OC)c1ccccn1. The molecule has 0 fully saturated rings. The smallest absolute Gasteiger partial charge is 0.355 e. The van der Waals surface area contributed by atoms with Gasteiger partial charge in [-0.3, -0.25) is 4.98 Å². The largest absolute Gasteiger partial charge is 0.497 e. The van der Waals surface area contributed by atoms with Gasteiger partial charge in [0.05, 0.1) is 26.5 Å². The molecule has 8 nitrogen and oxygen atoms in total. The van der Waals surface area contributed by atoms with E-state index < -0.39 is 11.9 Å². The van der Waals surface area contributed by atoms with Crippen molar-refractivity contribution in [1.29, 1.82) is 0 Å². The van der Waals surface area contributed by atoms with Crippen molar-refractivity contribution in [1.82, 2.24) is 10.3 Å². The van der Waals surface area contributed by atoms with Gasteiger partial charge in [-0.15, -0.1) is 0 Å². The molecule has 2 rings (SSSR count). The molecule has 0 unspecified atom stereocenters. The molecule has 0 aliphatic heterocycles. The van der Waals surface area contributed by atoms with Gasteiger partial charge in [0.25, 0.3) is 0 Å². The summed E-state index contributed by atoms with van der Waals surface area (Å²) >= 11 is 0. The Morgan fingerprint density at radius 2 is 1.79 bits per heavy atom. The van der Waals surface area contributed by atoms with Crippen molar-refractivity contribution in [3.8, 4) is 5.75 Å². The molecule has 0 spiro atoms. The average Bonchev–Trinajstić information content (AvgIpc) is 2.76. The summed E-state index contributed by atoms with van der Waals surface area (Å²) in [5.41, 5.74) is 1.40. The first kappa shape index (κ1) is 21.5. The van der Waals surface area contributed by atoms with Crippen LogP contribution in [0.3, 0.4) is 0 Å². The standard InChI is InChI=1S/C21H23N3O5/c1-4-29-20(25)17(18-7-5-6-12-22-18)13-24-19(21(26)28-3)14-23-15-8-10-16(27-2)11-9-15/h5-14,23-24H,4H2,1-3H3/b17-13+,19-14-. The van der Waals surface area contributed by atoms with Crippen molar-refractivity contribution in [3.05, 3.63) is 72.5 Å². The number of nitrogens with one attached hydrogen (secondary N) is 2. The van der Waals surface area contributed by atoms with Gasteiger partial charge >= 0.3 is 11.9 Å². The first-order chi connectivity index (χ1) is 14.1. The number of hydrogen-bond acceptors (Lipinski definition) is 8. The molecule has 1 aromatic heterocycles. The third kappa shape index (κ3) is 6.39. The van der Waals surface area contributed by atoms with Gasteiger partial charge in [-0.2, -0.15) is 0 Å². The highest BCUT2D eigenvalue weighted by Crippen LogP contribution is 2.16. The maximum atomic E-state index is 12.3. The Bertz CT molecular complexity index is 877. The minimum absolute atomic E-state index is 0.0843. The second kappa shape index (κ2) is 11.1. The van der Waals surface area contributed by atoms with E-state index in [2.05, 4.69) is 15.6 Å². The fraction of sp³-hybridized carbons (Fsp3) is 0.190. The molecule has 0 aliphatic carbocycles. The van der Waals surface area contributed by atoms with Crippen LogP contribution >= 0.6 is 0 Å². The highest BCUT2D eigenvalue weighted by molar-refractivity contribution is 6.15. The number of esters is 2. The summed E-state index contributed by atoms with van der Waals surface area (Å²) in [5.74, 6) is -0.472. The Labute approximate surface area is 169 Å². The lowest BCUT2D eigenvalue weighted by molar-refractivity contribution is -0.137. The molecule has 29 heavy (non-hydrogen) atoms. The summed E-state index contributed by atoms with van der Waals surface area (Å²) in [6.45, 7) is 1.92. The molecule has 0 saturated carbocycles. The number of pyridine rings is 1. The van der Waals surface area contributed by atoms with Crippen LogP contribution in [0.15, 0.2) is 66.8 Å². The van der Waals surface area contributed by atoms with Gasteiger partial charge < -0.3 is 24.8 Å². The van der Waals surface area contributed by atoms with Crippen LogP contribution in [0.25, 0.3) is 5.57 Å². The average molecular weight is 397 g/mol. The number of ether oxygens (including phenoxy) is 3. The lowest BCUT2D eigenvalue weighted by Crippen LogP contribution is -2.20. The monoisotopic (exact) mass is 397 g/mol. The van der Waals surface area contributed by atoms with Crippen LogP contribution < -0.4 is 15.4 Å². The number of methoxy groups -OCH3 is 2. The Hall–Kier alpha value is -3.81. The highest BCUT2D eigenvalue weighted by atomic mass is 16.5. The van der Waals surface area contributed by atoms with Gasteiger partial charge in [-0.25, -0.2) is 9.59 Å². The van der Waals surface area contributed by atoms with Crippen molar-refractivity contribution in [2.75, 3.05) is 26.1 Å². The maximum absolute atomic E-state index is 12.3. The molecule has 0 amide bonds. The molecule has 0 saturated heterocycles. The molecule has 2 aromatic rings. The van der Waals surface area contributed by atoms with E-state index in [1.54, 1.807) is 62.7 Å². The fourth-order valence-electron chi connectivity index (χ4n) is 2.23. The van der Waals surface area contributed by atoms with Crippen LogP contribution in [0.1, 0.15) is 12.6 Å². The van der Waals surface area contributed by atoms with Gasteiger partial charge in [0.2, 0.25) is 0 Å². The van der Waals surface area contributed by atoms with Gasteiger partial charge in [0.15, 0.2) is 0 Å². The third-order valence-electron chi connectivity index (χ3n) is 3.69. The van der Waals surface area contributed by atoms with Gasteiger partial charge in [0.1, 0.15) is 17.0 Å². The number of carbonyl (C=O) groups is 2. The Morgan fingerprint density at radius 3 is 2.38 bits per heavy atom. The third-order valence-corrected chi connectivity index (χ3v) is 3.69. The van der Waals surface area contributed by atoms with Gasteiger partial charge in [-0.1, -0.05) is 6.07 Å². The molecule has 0 aliphatic rings. The second-order valence-corrected chi connectivity index (χ2v) is 5.56. The zero-order valence-electron chi connectivity index (χ0n) is 16.5. The van der Waals surface area contributed by atoms with Crippen molar-refractivity contribution < 1.29 is 23.8 Å². The summed E-state index contributed by atoms with van der Waals surface area (Å²) in [5, 5.41) is 5.78. The summed E-state index contributed by atoms with van der Waals surface area (Å²) < 4.78 is 15.0. The Morgan fingerprint density at radius 1 is 1.03 bits per heavy atom. The van der Waals surface area contributed by atoms with E-state index in [0.717, 1.165) is 5.69 Å². The first-order valence-corrected chi connectivity index (χ1v) is 8.83. The molecule has 8 heteroatoms. The minimum atomic E-state index is -0.619. The van der Waals surface area contributed by atoms with Crippen LogP contribution in [0.5, 0.6) is 5.75 Å². The van der Waals surface area contributed by atoms with Crippen LogP contribution in [-0.2, 0) is 19.1 Å². The number of nitrogens with zero attached hydrogens (tertiary/aromatic N) is 1. The van der Waals surface area contributed by atoms with Crippen LogP contribution in [0.4, 0.5) is 5.69 Å². The van der Waals surface area contributed by atoms with Crippen molar-refractivity contribution >= 4 is 23.2 Å². The predicted octanol–water partition coefficient (Wildman–Crippen LogP) is 2.71. The molecule has 0 radical (unpaired) electrons. The number of aromatic nitrogens is 1. The molecule has 0 atom stereocenters. The number of rotatable bonds is 9. The van der Waals surface area contributed by atoms with Crippen LogP contribution in [0, 0.1) is 0 Å². The normalized spacial score (nSPS) is 11.4. The highest BCUT2D eigenvalue weighted by Gasteiger charge is 2.16. The number of hydrogen-bond donors (Lipinski definition) is 2. The minimum Gasteiger partial charge on any atom is -0.497 e. The summed E-state index contributed by atoms with van der Waals surface area (Å²) in [6.07, 6.45) is 4.36. The lowest BCUT2D eigenvalue weighted by atomic mass is 10.2. The second-order valence-electron chi connectivity index (χ2n) is 5.56. The van der Waals surface area contributed by atoms with Gasteiger partial charge in [0, 0.05) is 24.3 Å². The van der Waals surface area contributed by atoms with E-state index in [1.165, 1.54) is 19.5 Å². The summed E-state index contributed by atoms with van der Waals surface area (Å²) in [4.78, 5) is 28.6. The predicted molar refractivity (Wildman–Crippen MR) is 109 cm³/mol. The van der Waals surface area contributed by atoms with E-state index in [4.69, 9.17) is 14.2 Å². The van der Waals surface area contributed by atoms with E-state index in [0.29, 0.717) is 11.4 Å². The molecular weight excluding hydrogens is 374 g/mol. The molecule has 0 bridgehead atoms. The van der Waals surface area contributed by atoms with Gasteiger partial charge in [-0.05, 0) is 43.3 Å². The number of benzene rings is 1. The zero-order chi connectivity index (χ0) is 21.1. The van der Waals surface area contributed by atoms with E-state index in [9.17, 15) is 9.59 Å². The quantitative estimate of drug-likeness (QED) is 0.492. The fourth-order valence-corrected chi connectivity index (χ4v) is 2.23. The Balaban J connectivity index is 2.25. The van der Waals surface area contributed by atoms with E-state index in [1.807, 2.05) is 0 Å². The van der Waals surface area contributed by atoms with E-state index in [-0.39, 0.29) is 17.9 Å². The first-order valence-electron chi connectivity index (χ1n) is 8.83. The van der Waals surface area contributed by atoms with Crippen LogP contribution in [0.2, 0.25) is 0 Å². The zero-order valence-corrected chi connectivity index (χ0v) is 16.5. The maximum Gasteiger partial charge on any atom is 0.355 e. The van der Waals surface area contributed by atoms with Crippen LogP contribution in [-0.4, -0.2) is 37.7 Å². The summed E-state index contributed by atoms with van der Waals surface area (Å²) in [7, 11) is 2.84. The topological polar surface area (TPSA) is 98.8 Å². The lowest BCUT2D eigenvalue weighted by Gasteiger charge is -2.10. The molecule has 152 valence electrons.